The third-order valence-corrected chi connectivity index (χ3v) is 2.66. The predicted molar refractivity (Wildman–Crippen MR) is 64.9 cm³/mol. The van der Waals surface area contributed by atoms with Crippen molar-refractivity contribution >= 4 is 24.9 Å². The minimum Gasteiger partial charge on any atom is -0.418 e. The molecular formula is C11H10BN2O3. The van der Waals surface area contributed by atoms with Gasteiger partial charge in [-0.15, -0.1) is 0 Å². The predicted octanol–water partition coefficient (Wildman–Crippen LogP) is 1.45. The second kappa shape index (κ2) is 4.82. The summed E-state index contributed by atoms with van der Waals surface area (Å²) < 4.78 is 0. The molecule has 0 N–H and O–H groups in total. The fourth-order valence-electron chi connectivity index (χ4n) is 1.79. The van der Waals surface area contributed by atoms with Crippen molar-refractivity contribution in [3.63, 3.8) is 0 Å². The van der Waals surface area contributed by atoms with Crippen molar-refractivity contribution in [3.05, 3.63) is 46.1 Å². The number of nitro benzene ring substituents is 1. The van der Waals surface area contributed by atoms with Crippen LogP contribution < -0.4 is 0 Å². The number of nitrogens with zero attached hydrogens (tertiary/aromatic N) is 2. The largest absolute Gasteiger partial charge is 0.418 e. The van der Waals surface area contributed by atoms with Gasteiger partial charge in [-0.1, -0.05) is 0 Å². The monoisotopic (exact) mass is 229 g/mol. The Morgan fingerprint density at radius 2 is 2.06 bits per heavy atom. The van der Waals surface area contributed by atoms with Gasteiger partial charge in [0.15, 0.2) is 0 Å². The normalized spacial score (nSPS) is 14.4. The van der Waals surface area contributed by atoms with Crippen LogP contribution in [0.15, 0.2) is 30.5 Å². The molecule has 17 heavy (non-hydrogen) atoms. The van der Waals surface area contributed by atoms with Gasteiger partial charge >= 0.3 is 7.41 Å². The van der Waals surface area contributed by atoms with Gasteiger partial charge in [-0.2, -0.15) is 0 Å². The maximum Gasteiger partial charge on any atom is 0.328 e. The smallest absolute Gasteiger partial charge is 0.328 e. The van der Waals surface area contributed by atoms with Crippen LogP contribution in [0.5, 0.6) is 0 Å². The van der Waals surface area contributed by atoms with E-state index >= 15 is 0 Å². The number of hydrogen-bond acceptors (Lipinski definition) is 4. The molecule has 1 aliphatic rings. The molecule has 0 saturated heterocycles. The SMILES string of the molecule is O=C[B]N1C=C(c2ccc([N+](=O)[O-])cc2)CC1. The molecule has 0 bridgehead atoms. The van der Waals surface area contributed by atoms with Crippen LogP contribution >= 0.6 is 0 Å². The first kappa shape index (κ1) is 11.4. The van der Waals surface area contributed by atoms with Gasteiger partial charge in [-0.3, -0.25) is 10.1 Å². The van der Waals surface area contributed by atoms with Gasteiger partial charge in [-0.25, -0.2) is 0 Å². The summed E-state index contributed by atoms with van der Waals surface area (Å²) in [6.45, 7) is 0.769. The summed E-state index contributed by atoms with van der Waals surface area (Å²) in [4.78, 5) is 22.2. The average molecular weight is 229 g/mol. The summed E-state index contributed by atoms with van der Waals surface area (Å²) in [5, 5.41) is 10.5. The number of hydrogen-bond donors (Lipinski definition) is 0. The Morgan fingerprint density at radius 3 is 2.65 bits per heavy atom. The first-order chi connectivity index (χ1) is 8.20. The third kappa shape index (κ3) is 2.53. The van der Waals surface area contributed by atoms with E-state index in [1.54, 1.807) is 12.1 Å². The Bertz CT molecular complexity index is 470. The van der Waals surface area contributed by atoms with E-state index in [-0.39, 0.29) is 5.69 Å². The zero-order chi connectivity index (χ0) is 12.3. The van der Waals surface area contributed by atoms with E-state index in [9.17, 15) is 14.9 Å². The van der Waals surface area contributed by atoms with Crippen molar-refractivity contribution in [2.45, 2.75) is 6.42 Å². The van der Waals surface area contributed by atoms with E-state index in [2.05, 4.69) is 0 Å². The molecule has 1 heterocycles. The van der Waals surface area contributed by atoms with Crippen LogP contribution in [0.25, 0.3) is 5.57 Å². The number of nitro groups is 1. The van der Waals surface area contributed by atoms with Crippen LogP contribution in [0.2, 0.25) is 0 Å². The lowest BCUT2D eigenvalue weighted by molar-refractivity contribution is -0.384. The van der Waals surface area contributed by atoms with E-state index in [1.807, 2.05) is 11.0 Å². The van der Waals surface area contributed by atoms with Crippen LogP contribution in [0.1, 0.15) is 12.0 Å². The van der Waals surface area contributed by atoms with Crippen molar-refractivity contribution in [2.75, 3.05) is 6.54 Å². The van der Waals surface area contributed by atoms with Crippen molar-refractivity contribution in [2.24, 2.45) is 0 Å². The van der Waals surface area contributed by atoms with Crippen LogP contribution in [-0.4, -0.2) is 29.9 Å². The molecular weight excluding hydrogens is 219 g/mol. The summed E-state index contributed by atoms with van der Waals surface area (Å²) in [6.07, 6.45) is 3.47. The van der Waals surface area contributed by atoms with E-state index in [4.69, 9.17) is 0 Å². The van der Waals surface area contributed by atoms with Crippen LogP contribution in [0, 0.1) is 10.1 Å². The zero-order valence-electron chi connectivity index (χ0n) is 9.07. The minimum absolute atomic E-state index is 0.0867. The topological polar surface area (TPSA) is 63.5 Å². The van der Waals surface area contributed by atoms with Crippen molar-refractivity contribution in [3.8, 4) is 0 Å². The van der Waals surface area contributed by atoms with Crippen molar-refractivity contribution in [1.82, 2.24) is 4.81 Å². The molecule has 0 amide bonds. The highest BCUT2D eigenvalue weighted by molar-refractivity contribution is 6.64. The Hall–Kier alpha value is -2.11. The number of non-ortho nitro benzene ring substituents is 1. The molecule has 6 heteroatoms. The van der Waals surface area contributed by atoms with Gasteiger partial charge in [0.05, 0.1) is 4.92 Å². The minimum atomic E-state index is -0.417. The van der Waals surface area contributed by atoms with Crippen LogP contribution in [-0.2, 0) is 4.79 Å². The van der Waals surface area contributed by atoms with Gasteiger partial charge < -0.3 is 9.61 Å². The average Bonchev–Trinajstić information content (AvgIpc) is 2.78. The van der Waals surface area contributed by atoms with Gasteiger partial charge in [0.1, 0.15) is 6.19 Å². The summed E-state index contributed by atoms with van der Waals surface area (Å²) in [5.41, 5.74) is 2.12. The summed E-state index contributed by atoms with van der Waals surface area (Å²) in [7, 11) is 1.47. The van der Waals surface area contributed by atoms with Crippen molar-refractivity contribution in [1.29, 1.82) is 0 Å². The lowest BCUT2D eigenvalue weighted by Gasteiger charge is -2.07. The van der Waals surface area contributed by atoms with E-state index < -0.39 is 4.92 Å². The maximum atomic E-state index is 10.5. The van der Waals surface area contributed by atoms with E-state index in [0.29, 0.717) is 0 Å². The molecule has 0 aromatic heterocycles. The Kier molecular flexibility index (Phi) is 3.23. The molecule has 0 aliphatic carbocycles. The molecule has 0 fully saturated rings. The molecule has 0 spiro atoms. The lowest BCUT2D eigenvalue weighted by Crippen LogP contribution is -2.20. The number of carbonyl (C=O) groups is 1. The quantitative estimate of drug-likeness (QED) is 0.339. The molecule has 1 aromatic rings. The molecule has 5 nitrogen and oxygen atoms in total. The molecule has 1 aromatic carbocycles. The molecule has 1 aliphatic heterocycles. The van der Waals surface area contributed by atoms with Crippen LogP contribution in [0.3, 0.4) is 0 Å². The highest BCUT2D eigenvalue weighted by Crippen LogP contribution is 2.25. The standard InChI is InChI=1S/C11H10BN2O3/c15-8-12-13-6-5-10(7-13)9-1-3-11(4-2-9)14(16)17/h1-4,7-8H,5-6H2. The Labute approximate surface area is 99.1 Å². The van der Waals surface area contributed by atoms with Gasteiger partial charge in [0.2, 0.25) is 0 Å². The van der Waals surface area contributed by atoms with Crippen LogP contribution in [0.4, 0.5) is 5.69 Å². The summed E-state index contributed by atoms with van der Waals surface area (Å²) in [6, 6.07) is 6.44. The second-order valence-electron chi connectivity index (χ2n) is 3.73. The molecule has 2 rings (SSSR count). The summed E-state index contributed by atoms with van der Waals surface area (Å²) in [5.74, 6) is 0. The zero-order valence-corrected chi connectivity index (χ0v) is 9.07. The first-order valence-corrected chi connectivity index (χ1v) is 5.20. The van der Waals surface area contributed by atoms with Crippen molar-refractivity contribution < 1.29 is 9.72 Å². The maximum absolute atomic E-state index is 10.5. The van der Waals surface area contributed by atoms with Gasteiger partial charge in [0, 0.05) is 18.7 Å². The lowest BCUT2D eigenvalue weighted by atomic mass is 9.96. The van der Waals surface area contributed by atoms with E-state index in [0.717, 1.165) is 30.3 Å². The molecule has 1 radical (unpaired) electrons. The highest BCUT2D eigenvalue weighted by atomic mass is 16.6. The molecule has 0 saturated carbocycles. The summed E-state index contributed by atoms with van der Waals surface area (Å²) >= 11 is 0. The highest BCUT2D eigenvalue weighted by Gasteiger charge is 2.14. The number of benzene rings is 1. The number of rotatable bonds is 4. The van der Waals surface area contributed by atoms with Gasteiger partial charge in [-0.05, 0) is 35.9 Å². The molecule has 0 atom stereocenters. The number of carbonyl (C=O) groups excluding carboxylic acids is 1. The second-order valence-corrected chi connectivity index (χ2v) is 3.73. The Morgan fingerprint density at radius 1 is 1.35 bits per heavy atom. The molecule has 0 unspecified atom stereocenters. The fourth-order valence-corrected chi connectivity index (χ4v) is 1.79. The fraction of sp³-hybridized carbons (Fsp3) is 0.182. The third-order valence-electron chi connectivity index (χ3n) is 2.66. The Balaban J connectivity index is 2.15. The van der Waals surface area contributed by atoms with Gasteiger partial charge in [0.25, 0.3) is 5.69 Å². The molecule has 85 valence electrons. The van der Waals surface area contributed by atoms with E-state index in [1.165, 1.54) is 19.5 Å². The first-order valence-electron chi connectivity index (χ1n) is 5.20.